The highest BCUT2D eigenvalue weighted by molar-refractivity contribution is 5.81. The Bertz CT molecular complexity index is 2330. The second-order valence-corrected chi connectivity index (χ2v) is 12.2. The van der Waals surface area contributed by atoms with Crippen molar-refractivity contribution in [2.75, 3.05) is 22.9 Å². The van der Waals surface area contributed by atoms with Gasteiger partial charge in [-0.15, -0.1) is 0 Å². The predicted octanol–water partition coefficient (Wildman–Crippen LogP) is 6.64. The summed E-state index contributed by atoms with van der Waals surface area (Å²) in [6.45, 7) is 6.19. The minimum atomic E-state index is -0.0574. The van der Waals surface area contributed by atoms with Crippen molar-refractivity contribution in [3.05, 3.63) is 102 Å². The van der Waals surface area contributed by atoms with E-state index in [1.807, 2.05) is 73.3 Å². The van der Waals surface area contributed by atoms with Crippen molar-refractivity contribution in [3.63, 3.8) is 0 Å². The Morgan fingerprint density at radius 3 is 2.06 bits per heavy atom. The van der Waals surface area contributed by atoms with Crippen molar-refractivity contribution >= 4 is 34.4 Å². The molecule has 252 valence electrons. The first-order valence-electron chi connectivity index (χ1n) is 15.9. The van der Waals surface area contributed by atoms with E-state index < -0.39 is 0 Å². The van der Waals surface area contributed by atoms with Crippen molar-refractivity contribution in [1.29, 1.82) is 0 Å². The Morgan fingerprint density at radius 2 is 1.38 bits per heavy atom. The van der Waals surface area contributed by atoms with Crippen molar-refractivity contribution < 1.29 is 13.9 Å². The highest BCUT2D eigenvalue weighted by Crippen LogP contribution is 2.38. The number of furan rings is 1. The summed E-state index contributed by atoms with van der Waals surface area (Å²) in [7, 11) is 0. The molecule has 0 spiro atoms. The molecular formula is C36H35N11O3. The number of nitrogens with zero attached hydrogens (tertiary/aromatic N) is 7. The number of hydrogen-bond donors (Lipinski definition) is 4. The van der Waals surface area contributed by atoms with Crippen LogP contribution in [0.25, 0.3) is 28.2 Å². The van der Waals surface area contributed by atoms with Gasteiger partial charge in [0.1, 0.15) is 23.0 Å². The van der Waals surface area contributed by atoms with E-state index in [1.165, 1.54) is 12.4 Å². The number of rotatable bonds is 10. The smallest absolute Gasteiger partial charge is 0.222 e. The molecule has 0 saturated carbocycles. The largest absolute Gasteiger partial charge is 0.462 e. The van der Waals surface area contributed by atoms with E-state index in [4.69, 9.17) is 41.8 Å². The van der Waals surface area contributed by atoms with Gasteiger partial charge in [0.15, 0.2) is 28.9 Å². The average Bonchev–Trinajstić information content (AvgIpc) is 3.75. The Morgan fingerprint density at radius 1 is 0.720 bits per heavy atom. The van der Waals surface area contributed by atoms with E-state index in [0.717, 1.165) is 27.6 Å². The summed E-state index contributed by atoms with van der Waals surface area (Å²) in [5.74, 6) is 3.41. The standard InChI is InChI=1S/C36H35N11O3/c1-19(2)23-14-41-25(12-27(23)49-30-16-43-35(39)45-33(30)37)29-11-21(18-48-29)10-20(3)24-15-42-32(47-9-8-22-6-4-5-7-26(22)47)13-28(24)50-31-17-44-36(40)46-34(31)38/h4-9,11-20H,10H2,1-3H3,(H4,37,39,43,45)(H4,38,40,44,46). The van der Waals surface area contributed by atoms with Crippen LogP contribution in [0.1, 0.15) is 49.3 Å². The van der Waals surface area contributed by atoms with Gasteiger partial charge in [0.2, 0.25) is 11.9 Å². The molecule has 0 aliphatic heterocycles. The quantitative estimate of drug-likeness (QED) is 0.120. The van der Waals surface area contributed by atoms with E-state index in [-0.39, 0.29) is 41.1 Å². The van der Waals surface area contributed by atoms with Gasteiger partial charge >= 0.3 is 0 Å². The summed E-state index contributed by atoms with van der Waals surface area (Å²) >= 11 is 0. The predicted molar refractivity (Wildman–Crippen MR) is 191 cm³/mol. The summed E-state index contributed by atoms with van der Waals surface area (Å²) in [5, 5.41) is 1.09. The molecule has 0 saturated heterocycles. The van der Waals surface area contributed by atoms with Gasteiger partial charge < -0.3 is 41.4 Å². The maximum atomic E-state index is 6.36. The fraction of sp³-hybridized carbons (Fsp3) is 0.167. The molecule has 6 aromatic heterocycles. The molecule has 0 aliphatic carbocycles. The molecule has 1 unspecified atom stereocenters. The van der Waals surface area contributed by atoms with Gasteiger partial charge in [-0.25, -0.2) is 15.0 Å². The molecule has 14 heteroatoms. The molecule has 0 fully saturated rings. The summed E-state index contributed by atoms with van der Waals surface area (Å²) < 4.78 is 20.5. The number of ether oxygens (including phenoxy) is 2. The molecule has 7 aromatic rings. The van der Waals surface area contributed by atoms with Gasteiger partial charge in [-0.05, 0) is 47.4 Å². The molecule has 0 radical (unpaired) electrons. The molecule has 0 aliphatic rings. The molecule has 6 heterocycles. The lowest BCUT2D eigenvalue weighted by Crippen LogP contribution is -2.06. The van der Waals surface area contributed by atoms with Crippen LogP contribution in [0, 0.1) is 0 Å². The zero-order valence-electron chi connectivity index (χ0n) is 27.6. The minimum Gasteiger partial charge on any atom is -0.462 e. The van der Waals surface area contributed by atoms with Gasteiger partial charge in [-0.1, -0.05) is 39.0 Å². The van der Waals surface area contributed by atoms with Crippen LogP contribution in [-0.4, -0.2) is 34.5 Å². The van der Waals surface area contributed by atoms with Crippen molar-refractivity contribution in [2.45, 2.75) is 39.0 Å². The number of nitrogen functional groups attached to an aromatic ring is 4. The summed E-state index contributed by atoms with van der Waals surface area (Å²) in [4.78, 5) is 25.6. The third-order valence-corrected chi connectivity index (χ3v) is 8.27. The van der Waals surface area contributed by atoms with Crippen LogP contribution in [-0.2, 0) is 6.42 Å². The fourth-order valence-corrected chi connectivity index (χ4v) is 5.69. The normalized spacial score (nSPS) is 12.0. The molecule has 1 aromatic carbocycles. The Labute approximate surface area is 287 Å². The Balaban J connectivity index is 1.18. The van der Waals surface area contributed by atoms with Crippen molar-refractivity contribution in [3.8, 4) is 40.3 Å². The maximum absolute atomic E-state index is 6.36. The monoisotopic (exact) mass is 669 g/mol. The molecule has 50 heavy (non-hydrogen) atoms. The van der Waals surface area contributed by atoms with Crippen LogP contribution in [0.2, 0.25) is 0 Å². The van der Waals surface area contributed by atoms with Gasteiger partial charge in [0.25, 0.3) is 0 Å². The number of fused-ring (bicyclic) bond motifs is 1. The summed E-state index contributed by atoms with van der Waals surface area (Å²) in [6.07, 6.45) is 10.8. The van der Waals surface area contributed by atoms with Gasteiger partial charge in [0, 0.05) is 41.9 Å². The SMILES string of the molecule is CC(C)c1cnc(-c2cc(CC(C)c3cnc(-n4ccc5ccccc54)cc3Oc3cnc(N)nc3N)co2)cc1Oc1cnc(N)nc1N. The van der Waals surface area contributed by atoms with E-state index in [1.54, 1.807) is 12.5 Å². The number of nitrogens with two attached hydrogens (primary N) is 4. The van der Waals surface area contributed by atoms with Crippen molar-refractivity contribution in [1.82, 2.24) is 34.5 Å². The van der Waals surface area contributed by atoms with E-state index in [0.29, 0.717) is 40.9 Å². The highest BCUT2D eigenvalue weighted by Gasteiger charge is 2.20. The maximum Gasteiger partial charge on any atom is 0.222 e. The Kier molecular flexibility index (Phi) is 8.33. The number of pyridine rings is 2. The molecule has 7 rings (SSSR count). The zero-order valence-corrected chi connectivity index (χ0v) is 27.6. The summed E-state index contributed by atoms with van der Waals surface area (Å²) in [5.41, 5.74) is 27.9. The number of para-hydroxylation sites is 1. The van der Waals surface area contributed by atoms with Crippen LogP contribution in [0.3, 0.4) is 0 Å². The van der Waals surface area contributed by atoms with E-state index >= 15 is 0 Å². The molecule has 1 atom stereocenters. The first kappa shape index (κ1) is 31.9. The Hall–Kier alpha value is -6.70. The molecule has 8 N–H and O–H groups in total. The molecule has 0 amide bonds. The lowest BCUT2D eigenvalue weighted by molar-refractivity contribution is 0.467. The molecule has 14 nitrogen and oxygen atoms in total. The number of hydrogen-bond acceptors (Lipinski definition) is 13. The number of benzene rings is 1. The van der Waals surface area contributed by atoms with E-state index in [2.05, 4.69) is 37.9 Å². The topological polar surface area (TPSA) is 218 Å². The third-order valence-electron chi connectivity index (χ3n) is 8.27. The molecular weight excluding hydrogens is 634 g/mol. The fourth-order valence-electron chi connectivity index (χ4n) is 5.69. The second kappa shape index (κ2) is 13.1. The van der Waals surface area contributed by atoms with Gasteiger partial charge in [-0.2, -0.15) is 9.97 Å². The van der Waals surface area contributed by atoms with E-state index in [9.17, 15) is 0 Å². The average molecular weight is 670 g/mol. The van der Waals surface area contributed by atoms with Crippen LogP contribution >= 0.6 is 0 Å². The first-order chi connectivity index (χ1) is 24.1. The van der Waals surface area contributed by atoms with Gasteiger partial charge in [0.05, 0.1) is 24.2 Å². The number of anilines is 4. The van der Waals surface area contributed by atoms with Crippen LogP contribution in [0.15, 0.2) is 90.2 Å². The van der Waals surface area contributed by atoms with Crippen LogP contribution in [0.4, 0.5) is 23.5 Å². The first-order valence-corrected chi connectivity index (χ1v) is 15.9. The second-order valence-electron chi connectivity index (χ2n) is 12.2. The van der Waals surface area contributed by atoms with Crippen LogP contribution < -0.4 is 32.4 Å². The van der Waals surface area contributed by atoms with Crippen molar-refractivity contribution in [2.24, 2.45) is 0 Å². The summed E-state index contributed by atoms with van der Waals surface area (Å²) in [6, 6.07) is 15.8. The molecule has 0 bridgehead atoms. The van der Waals surface area contributed by atoms with Crippen LogP contribution in [0.5, 0.6) is 23.0 Å². The van der Waals surface area contributed by atoms with Gasteiger partial charge in [-0.3, -0.25) is 4.98 Å². The lowest BCUT2D eigenvalue weighted by Gasteiger charge is -2.18. The minimum absolute atomic E-state index is 0.0574. The number of aromatic nitrogens is 7. The highest BCUT2D eigenvalue weighted by atomic mass is 16.5. The lowest BCUT2D eigenvalue weighted by atomic mass is 9.95. The zero-order chi connectivity index (χ0) is 34.9. The third kappa shape index (κ3) is 6.41.